The second-order valence-electron chi connectivity index (χ2n) is 6.62. The lowest BCUT2D eigenvalue weighted by Gasteiger charge is -2.06. The highest BCUT2D eigenvalue weighted by Crippen LogP contribution is 2.27. The zero-order chi connectivity index (χ0) is 20.5. The summed E-state index contributed by atoms with van der Waals surface area (Å²) in [5.74, 6) is -0.649. The fourth-order valence-electron chi connectivity index (χ4n) is 3.27. The Balaban J connectivity index is 1.69. The second kappa shape index (κ2) is 7.60. The van der Waals surface area contributed by atoms with E-state index in [1.165, 1.54) is 10.9 Å². The first-order valence-corrected chi connectivity index (χ1v) is 9.99. The summed E-state index contributed by atoms with van der Waals surface area (Å²) in [6.07, 6.45) is 1.36. The van der Waals surface area contributed by atoms with Crippen molar-refractivity contribution in [3.05, 3.63) is 75.1 Å². The fourth-order valence-corrected chi connectivity index (χ4v) is 4.31. The summed E-state index contributed by atoms with van der Waals surface area (Å²) in [6.45, 7) is 3.56. The molecule has 4 rings (SSSR count). The van der Waals surface area contributed by atoms with E-state index in [0.717, 1.165) is 22.1 Å². The summed E-state index contributed by atoms with van der Waals surface area (Å²) in [6, 6.07) is 13.3. The molecule has 29 heavy (non-hydrogen) atoms. The van der Waals surface area contributed by atoms with Gasteiger partial charge in [-0.2, -0.15) is 0 Å². The smallest absolute Gasteiger partial charge is 0.348 e. The summed E-state index contributed by atoms with van der Waals surface area (Å²) < 4.78 is 6.33. The number of Topliss-reactive ketones (excluding diaryl/α,β-unsaturated/α-hetero) is 1. The van der Waals surface area contributed by atoms with E-state index in [1.807, 2.05) is 36.4 Å². The van der Waals surface area contributed by atoms with Crippen LogP contribution in [-0.4, -0.2) is 27.9 Å². The Morgan fingerprint density at radius 2 is 1.90 bits per heavy atom. The standard InChI is InChI=1S/C22H18N2O4S/c1-3-28-22(27)19-13(2)18-20(29-19)23-12-24(21(18)26)11-17(25)16-9-8-14-6-4-5-7-15(14)10-16/h4-10,12H,3,11H2,1-2H3. The number of rotatable bonds is 5. The van der Waals surface area contributed by atoms with Gasteiger partial charge in [-0.1, -0.05) is 36.4 Å². The summed E-state index contributed by atoms with van der Waals surface area (Å²) in [5, 5.41) is 2.36. The van der Waals surface area contributed by atoms with Gasteiger partial charge in [0.25, 0.3) is 5.56 Å². The first-order valence-electron chi connectivity index (χ1n) is 9.17. The molecule has 0 unspecified atom stereocenters. The van der Waals surface area contributed by atoms with Crippen molar-refractivity contribution in [3.63, 3.8) is 0 Å². The SMILES string of the molecule is CCOC(=O)c1sc2ncn(CC(=O)c3ccc4ccccc4c3)c(=O)c2c1C. The predicted octanol–water partition coefficient (Wildman–Crippen LogP) is 3.98. The average Bonchev–Trinajstić information content (AvgIpc) is 3.07. The van der Waals surface area contributed by atoms with E-state index >= 15 is 0 Å². The lowest BCUT2D eigenvalue weighted by Crippen LogP contribution is -2.24. The number of hydrogen-bond acceptors (Lipinski definition) is 6. The van der Waals surface area contributed by atoms with Gasteiger partial charge in [0.15, 0.2) is 5.78 Å². The predicted molar refractivity (Wildman–Crippen MR) is 113 cm³/mol. The number of ketones is 1. The van der Waals surface area contributed by atoms with E-state index in [-0.39, 0.29) is 24.5 Å². The first kappa shape index (κ1) is 19.0. The molecule has 0 saturated heterocycles. The normalized spacial score (nSPS) is 11.1. The number of hydrogen-bond donors (Lipinski definition) is 0. The van der Waals surface area contributed by atoms with Crippen LogP contribution in [0.1, 0.15) is 32.5 Å². The second-order valence-corrected chi connectivity index (χ2v) is 7.62. The van der Waals surface area contributed by atoms with Crippen LogP contribution in [0.4, 0.5) is 0 Å². The van der Waals surface area contributed by atoms with Crippen LogP contribution in [0.25, 0.3) is 21.0 Å². The van der Waals surface area contributed by atoms with Crippen LogP contribution in [0.3, 0.4) is 0 Å². The molecule has 0 fully saturated rings. The lowest BCUT2D eigenvalue weighted by molar-refractivity contribution is 0.0531. The first-order chi connectivity index (χ1) is 14.0. The van der Waals surface area contributed by atoms with Gasteiger partial charge in [-0.05, 0) is 36.2 Å². The molecule has 2 aromatic heterocycles. The molecule has 0 N–H and O–H groups in total. The number of benzene rings is 2. The van der Waals surface area contributed by atoms with Crippen LogP contribution in [0.15, 0.2) is 53.6 Å². The van der Waals surface area contributed by atoms with Crippen molar-refractivity contribution in [1.82, 2.24) is 9.55 Å². The quantitative estimate of drug-likeness (QED) is 0.370. The molecule has 0 amide bonds. The number of esters is 1. The summed E-state index contributed by atoms with van der Waals surface area (Å²) >= 11 is 1.13. The molecule has 7 heteroatoms. The van der Waals surface area contributed by atoms with Crippen LogP contribution >= 0.6 is 11.3 Å². The van der Waals surface area contributed by atoms with E-state index in [2.05, 4.69) is 4.98 Å². The van der Waals surface area contributed by atoms with Crippen molar-refractivity contribution in [2.24, 2.45) is 0 Å². The molecule has 0 aliphatic carbocycles. The molecule has 2 heterocycles. The number of carbonyl (C=O) groups excluding carboxylic acids is 2. The number of ether oxygens (including phenoxy) is 1. The average molecular weight is 406 g/mol. The fraction of sp³-hybridized carbons (Fsp3) is 0.182. The molecule has 0 aliphatic rings. The lowest BCUT2D eigenvalue weighted by atomic mass is 10.0. The molecule has 6 nitrogen and oxygen atoms in total. The van der Waals surface area contributed by atoms with Gasteiger partial charge in [-0.15, -0.1) is 11.3 Å². The Bertz CT molecular complexity index is 1320. The van der Waals surface area contributed by atoms with E-state index in [1.54, 1.807) is 19.9 Å². The van der Waals surface area contributed by atoms with Crippen molar-refractivity contribution < 1.29 is 14.3 Å². The van der Waals surface area contributed by atoms with Gasteiger partial charge in [0.05, 0.1) is 24.9 Å². The molecule has 2 aromatic carbocycles. The van der Waals surface area contributed by atoms with E-state index in [0.29, 0.717) is 26.2 Å². The summed E-state index contributed by atoms with van der Waals surface area (Å²) in [4.78, 5) is 42.9. The Kier molecular flexibility index (Phi) is 4.98. The van der Waals surface area contributed by atoms with Gasteiger partial charge in [-0.25, -0.2) is 9.78 Å². The number of carbonyl (C=O) groups is 2. The molecule has 0 saturated carbocycles. The van der Waals surface area contributed by atoms with Crippen molar-refractivity contribution in [2.45, 2.75) is 20.4 Å². The number of aromatic nitrogens is 2. The number of nitrogens with zero attached hydrogens (tertiary/aromatic N) is 2. The molecule has 0 radical (unpaired) electrons. The monoisotopic (exact) mass is 406 g/mol. The van der Waals surface area contributed by atoms with Crippen molar-refractivity contribution in [1.29, 1.82) is 0 Å². The van der Waals surface area contributed by atoms with Crippen molar-refractivity contribution in [2.75, 3.05) is 6.61 Å². The highest BCUT2D eigenvalue weighted by Gasteiger charge is 2.21. The topological polar surface area (TPSA) is 78.3 Å². The van der Waals surface area contributed by atoms with Crippen LogP contribution in [0.2, 0.25) is 0 Å². The maximum atomic E-state index is 12.9. The van der Waals surface area contributed by atoms with Gasteiger partial charge in [-0.3, -0.25) is 14.2 Å². The molecule has 146 valence electrons. The van der Waals surface area contributed by atoms with E-state index in [4.69, 9.17) is 4.74 Å². The van der Waals surface area contributed by atoms with Crippen molar-refractivity contribution in [3.8, 4) is 0 Å². The van der Waals surface area contributed by atoms with E-state index < -0.39 is 5.97 Å². The Hall–Kier alpha value is -3.32. The molecule has 0 aliphatic heterocycles. The highest BCUT2D eigenvalue weighted by molar-refractivity contribution is 7.20. The summed E-state index contributed by atoms with van der Waals surface area (Å²) in [7, 11) is 0. The van der Waals surface area contributed by atoms with Crippen LogP contribution in [-0.2, 0) is 11.3 Å². The minimum absolute atomic E-state index is 0.121. The maximum absolute atomic E-state index is 12.9. The van der Waals surface area contributed by atoms with Gasteiger partial charge >= 0.3 is 5.97 Å². The zero-order valence-electron chi connectivity index (χ0n) is 16.0. The van der Waals surface area contributed by atoms with Gasteiger partial charge < -0.3 is 4.74 Å². The molecule has 0 spiro atoms. The van der Waals surface area contributed by atoms with Crippen molar-refractivity contribution >= 4 is 44.1 Å². The highest BCUT2D eigenvalue weighted by atomic mass is 32.1. The molecular formula is C22H18N2O4S. The molecular weight excluding hydrogens is 388 g/mol. The summed E-state index contributed by atoms with van der Waals surface area (Å²) in [5.41, 5.74) is 0.729. The van der Waals surface area contributed by atoms with Gasteiger partial charge in [0.2, 0.25) is 0 Å². The maximum Gasteiger partial charge on any atom is 0.348 e. The Labute approximate surface area is 170 Å². The van der Waals surface area contributed by atoms with Crippen LogP contribution in [0, 0.1) is 6.92 Å². The number of aryl methyl sites for hydroxylation is 1. The molecule has 0 atom stereocenters. The molecule has 0 bridgehead atoms. The van der Waals surface area contributed by atoms with Crippen LogP contribution in [0.5, 0.6) is 0 Å². The Morgan fingerprint density at radius 3 is 2.66 bits per heavy atom. The third-order valence-corrected chi connectivity index (χ3v) is 5.94. The minimum atomic E-state index is -0.466. The zero-order valence-corrected chi connectivity index (χ0v) is 16.8. The number of fused-ring (bicyclic) bond motifs is 2. The Morgan fingerprint density at radius 1 is 1.14 bits per heavy atom. The minimum Gasteiger partial charge on any atom is -0.462 e. The van der Waals surface area contributed by atoms with Gasteiger partial charge in [0, 0.05) is 5.56 Å². The van der Waals surface area contributed by atoms with Gasteiger partial charge in [0.1, 0.15) is 9.71 Å². The third kappa shape index (κ3) is 3.45. The number of thiophene rings is 1. The largest absolute Gasteiger partial charge is 0.462 e. The third-order valence-electron chi connectivity index (χ3n) is 4.76. The van der Waals surface area contributed by atoms with Crippen LogP contribution < -0.4 is 5.56 Å². The van der Waals surface area contributed by atoms with E-state index in [9.17, 15) is 14.4 Å². The molecule has 4 aromatic rings.